The van der Waals surface area contributed by atoms with Crippen molar-refractivity contribution >= 4 is 5.97 Å². The number of carbonyl (C=O) groups is 1. The minimum atomic E-state index is -1.13. The number of rotatable bonds is 3. The summed E-state index contributed by atoms with van der Waals surface area (Å²) < 4.78 is 6.10. The molecule has 2 N–H and O–H groups in total. The van der Waals surface area contributed by atoms with Gasteiger partial charge < -0.3 is 14.9 Å². The van der Waals surface area contributed by atoms with Crippen LogP contribution in [-0.2, 0) is 16.8 Å². The Morgan fingerprint density at radius 1 is 0.867 bits per heavy atom. The maximum atomic E-state index is 12.8. The van der Waals surface area contributed by atoms with Crippen molar-refractivity contribution in [3.63, 3.8) is 0 Å². The molecule has 156 valence electrons. The molecule has 0 bridgehead atoms. The molecule has 0 amide bonds. The lowest BCUT2D eigenvalue weighted by Crippen LogP contribution is -2.30. The van der Waals surface area contributed by atoms with Gasteiger partial charge in [0.2, 0.25) is 0 Å². The second-order valence-corrected chi connectivity index (χ2v) is 7.27. The Balaban J connectivity index is 0.00000124. The van der Waals surface area contributed by atoms with Gasteiger partial charge in [-0.1, -0.05) is 45.0 Å². The largest absolute Gasteiger partial charge is 0.508 e. The lowest BCUT2D eigenvalue weighted by molar-refractivity contribution is 0.0249. The minimum absolute atomic E-state index is 0.203. The maximum Gasteiger partial charge on any atom is 0.340 e. The smallest absolute Gasteiger partial charge is 0.340 e. The number of carbonyl (C=O) groups excluding carboxylic acids is 1. The fraction of sp³-hybridized carbons (Fsp3) is 0.269. The van der Waals surface area contributed by atoms with Gasteiger partial charge in [-0.2, -0.15) is 0 Å². The highest BCUT2D eigenvalue weighted by molar-refractivity contribution is 5.96. The molecule has 3 aromatic carbocycles. The van der Waals surface area contributed by atoms with Crippen LogP contribution in [0.25, 0.3) is 0 Å². The second kappa shape index (κ2) is 8.23. The monoisotopic (exact) mass is 404 g/mol. The maximum absolute atomic E-state index is 12.8. The number of esters is 1. The summed E-state index contributed by atoms with van der Waals surface area (Å²) in [5, 5.41) is 20.3. The first-order chi connectivity index (χ1) is 14.4. The molecule has 0 aliphatic carbocycles. The topological polar surface area (TPSA) is 66.8 Å². The van der Waals surface area contributed by atoms with Crippen molar-refractivity contribution in [3.05, 3.63) is 93.5 Å². The molecular weight excluding hydrogens is 376 g/mol. The van der Waals surface area contributed by atoms with Crippen molar-refractivity contribution in [2.45, 2.75) is 46.6 Å². The minimum Gasteiger partial charge on any atom is -0.508 e. The van der Waals surface area contributed by atoms with Gasteiger partial charge in [0, 0.05) is 16.7 Å². The summed E-state index contributed by atoms with van der Waals surface area (Å²) in [6.07, 6.45) is 0.652. The van der Waals surface area contributed by atoms with Gasteiger partial charge >= 0.3 is 5.97 Å². The van der Waals surface area contributed by atoms with E-state index in [1.807, 2.05) is 65.0 Å². The van der Waals surface area contributed by atoms with Crippen LogP contribution in [0.4, 0.5) is 0 Å². The standard InChI is InChI=1S/C24H22O4.C2H6/c1-4-16-13-17(9-10-21(16)25)24(20-11-15(3)22(26)12-14(20)2)19-8-6-5-7-18(19)23(27)28-24;1-2/h5-13,25-26H,4H2,1-3H3;1-2H3. The van der Waals surface area contributed by atoms with Crippen LogP contribution in [0.15, 0.2) is 54.6 Å². The summed E-state index contributed by atoms with van der Waals surface area (Å²) in [7, 11) is 0. The molecule has 4 rings (SSSR count). The third-order valence-electron chi connectivity index (χ3n) is 5.56. The van der Waals surface area contributed by atoms with Crippen molar-refractivity contribution in [2.24, 2.45) is 0 Å². The number of fused-ring (bicyclic) bond motifs is 1. The van der Waals surface area contributed by atoms with Crippen molar-refractivity contribution < 1.29 is 19.7 Å². The Morgan fingerprint density at radius 2 is 1.57 bits per heavy atom. The Labute approximate surface area is 177 Å². The van der Waals surface area contributed by atoms with Gasteiger partial charge in [0.25, 0.3) is 0 Å². The number of benzene rings is 3. The number of hydrogen-bond acceptors (Lipinski definition) is 4. The molecule has 0 radical (unpaired) electrons. The van der Waals surface area contributed by atoms with E-state index in [1.165, 1.54) is 0 Å². The number of aromatic hydroxyl groups is 2. The lowest BCUT2D eigenvalue weighted by atomic mass is 9.77. The van der Waals surface area contributed by atoms with Crippen LogP contribution < -0.4 is 0 Å². The second-order valence-electron chi connectivity index (χ2n) is 7.27. The number of phenolic OH excluding ortho intramolecular Hbond substituents is 2. The SMILES string of the molecule is CC.CCc1cc(C2(c3cc(C)c(O)cc3C)OC(=O)c3ccccc32)ccc1O. The van der Waals surface area contributed by atoms with E-state index in [9.17, 15) is 15.0 Å². The average molecular weight is 405 g/mol. The Hall–Kier alpha value is -3.27. The summed E-state index contributed by atoms with van der Waals surface area (Å²) in [5.41, 5.74) is 4.04. The third-order valence-corrected chi connectivity index (χ3v) is 5.56. The summed E-state index contributed by atoms with van der Waals surface area (Å²) in [4.78, 5) is 12.8. The molecule has 1 unspecified atom stereocenters. The van der Waals surface area contributed by atoms with Gasteiger partial charge in [0.1, 0.15) is 11.5 Å². The lowest BCUT2D eigenvalue weighted by Gasteiger charge is -2.32. The van der Waals surface area contributed by atoms with Gasteiger partial charge in [-0.05, 0) is 67.3 Å². The Bertz CT molecular complexity index is 1100. The number of phenols is 2. The molecule has 0 saturated heterocycles. The zero-order valence-electron chi connectivity index (χ0n) is 18.1. The summed E-state index contributed by atoms with van der Waals surface area (Å²) in [6, 6.07) is 16.3. The molecule has 1 heterocycles. The normalized spacial score (nSPS) is 17.0. The van der Waals surface area contributed by atoms with Gasteiger partial charge in [-0.25, -0.2) is 4.79 Å². The molecule has 4 nitrogen and oxygen atoms in total. The van der Waals surface area contributed by atoms with E-state index >= 15 is 0 Å². The fourth-order valence-electron chi connectivity index (χ4n) is 4.06. The zero-order valence-corrected chi connectivity index (χ0v) is 18.1. The molecule has 3 aromatic rings. The predicted octanol–water partition coefficient (Wildman–Crippen LogP) is 5.77. The van der Waals surface area contributed by atoms with E-state index in [1.54, 1.807) is 24.3 Å². The van der Waals surface area contributed by atoms with Crippen LogP contribution in [0.1, 0.15) is 64.5 Å². The Morgan fingerprint density at radius 3 is 2.27 bits per heavy atom. The van der Waals surface area contributed by atoms with E-state index < -0.39 is 5.60 Å². The number of aryl methyl sites for hydroxylation is 3. The van der Waals surface area contributed by atoms with Gasteiger partial charge in [-0.15, -0.1) is 0 Å². The van der Waals surface area contributed by atoms with Crippen molar-refractivity contribution in [3.8, 4) is 11.5 Å². The van der Waals surface area contributed by atoms with Crippen molar-refractivity contribution in [2.75, 3.05) is 0 Å². The molecule has 0 aromatic heterocycles. The molecule has 30 heavy (non-hydrogen) atoms. The average Bonchev–Trinajstić information content (AvgIpc) is 3.06. The van der Waals surface area contributed by atoms with Crippen LogP contribution in [0.5, 0.6) is 11.5 Å². The van der Waals surface area contributed by atoms with Gasteiger partial charge in [0.15, 0.2) is 5.60 Å². The molecule has 1 aliphatic rings. The highest BCUT2D eigenvalue weighted by Crippen LogP contribution is 2.49. The fourth-order valence-corrected chi connectivity index (χ4v) is 4.06. The number of cyclic esters (lactones) is 1. The first kappa shape index (κ1) is 21.4. The van der Waals surface area contributed by atoms with E-state index in [-0.39, 0.29) is 17.5 Å². The quantitative estimate of drug-likeness (QED) is 0.544. The molecule has 0 saturated carbocycles. The summed E-state index contributed by atoms with van der Waals surface area (Å²) in [5.74, 6) is 0.0402. The van der Waals surface area contributed by atoms with Crippen LogP contribution in [-0.4, -0.2) is 16.2 Å². The first-order valence-electron chi connectivity index (χ1n) is 10.3. The highest BCUT2D eigenvalue weighted by Gasteiger charge is 2.49. The molecule has 1 aliphatic heterocycles. The van der Waals surface area contributed by atoms with Gasteiger partial charge in [0.05, 0.1) is 5.56 Å². The van der Waals surface area contributed by atoms with E-state index in [0.717, 1.165) is 27.8 Å². The molecule has 1 atom stereocenters. The zero-order chi connectivity index (χ0) is 22.1. The first-order valence-corrected chi connectivity index (χ1v) is 10.3. The van der Waals surface area contributed by atoms with Crippen LogP contribution >= 0.6 is 0 Å². The molecule has 0 fully saturated rings. The van der Waals surface area contributed by atoms with E-state index in [0.29, 0.717) is 17.5 Å². The summed E-state index contributed by atoms with van der Waals surface area (Å²) in [6.45, 7) is 9.69. The number of ether oxygens (including phenoxy) is 1. The van der Waals surface area contributed by atoms with Gasteiger partial charge in [-0.3, -0.25) is 0 Å². The third kappa shape index (κ3) is 3.22. The van der Waals surface area contributed by atoms with Crippen LogP contribution in [0.2, 0.25) is 0 Å². The van der Waals surface area contributed by atoms with Crippen molar-refractivity contribution in [1.82, 2.24) is 0 Å². The van der Waals surface area contributed by atoms with Crippen molar-refractivity contribution in [1.29, 1.82) is 0 Å². The van der Waals surface area contributed by atoms with E-state index in [2.05, 4.69) is 0 Å². The summed E-state index contributed by atoms with van der Waals surface area (Å²) >= 11 is 0. The molecular formula is C26H28O4. The van der Waals surface area contributed by atoms with Crippen LogP contribution in [0.3, 0.4) is 0 Å². The molecule has 0 spiro atoms. The molecule has 4 heteroatoms. The predicted molar refractivity (Wildman–Crippen MR) is 118 cm³/mol. The van der Waals surface area contributed by atoms with E-state index in [4.69, 9.17) is 4.74 Å². The van der Waals surface area contributed by atoms with Crippen LogP contribution in [0, 0.1) is 13.8 Å². The number of hydrogen-bond donors (Lipinski definition) is 2. The highest BCUT2D eigenvalue weighted by atomic mass is 16.6. The Kier molecular flexibility index (Phi) is 5.88.